The predicted molar refractivity (Wildman–Crippen MR) is 65.1 cm³/mol. The van der Waals surface area contributed by atoms with E-state index in [9.17, 15) is 9.59 Å². The Kier molecular flexibility index (Phi) is 2.05. The van der Waals surface area contributed by atoms with Crippen LogP contribution in [0.15, 0.2) is 48.7 Å². The molecule has 3 nitrogen and oxygen atoms in total. The van der Waals surface area contributed by atoms with Crippen LogP contribution in [0.1, 0.15) is 5.56 Å². The topological polar surface area (TPSA) is 46.2 Å². The summed E-state index contributed by atoms with van der Waals surface area (Å²) in [5.74, 6) is -1.03. The quantitative estimate of drug-likeness (QED) is 0.750. The first-order valence-corrected chi connectivity index (χ1v) is 5.31. The molecule has 0 radical (unpaired) electrons. The van der Waals surface area contributed by atoms with Crippen LogP contribution in [0, 0.1) is 0 Å². The van der Waals surface area contributed by atoms with Crippen molar-refractivity contribution in [3.63, 3.8) is 0 Å². The molecule has 0 fully saturated rings. The van der Waals surface area contributed by atoms with Gasteiger partial charge in [0, 0.05) is 6.20 Å². The molecule has 0 saturated carbocycles. The second kappa shape index (κ2) is 3.56. The predicted octanol–water partition coefficient (Wildman–Crippen LogP) is 1.88. The summed E-state index contributed by atoms with van der Waals surface area (Å²) in [4.78, 5) is 22.9. The Labute approximate surface area is 97.8 Å². The fourth-order valence-corrected chi connectivity index (χ4v) is 2.05. The molecule has 1 N–H and O–H groups in total. The number of fused-ring (bicyclic) bond motifs is 1. The fraction of sp³-hybridized carbons (Fsp3) is 0. The van der Waals surface area contributed by atoms with E-state index in [-0.39, 0.29) is 0 Å². The second-order valence-corrected chi connectivity index (χ2v) is 3.89. The summed E-state index contributed by atoms with van der Waals surface area (Å²) in [6.45, 7) is 0. The van der Waals surface area contributed by atoms with Crippen molar-refractivity contribution in [3.8, 4) is 0 Å². The summed E-state index contributed by atoms with van der Waals surface area (Å²) in [7, 11) is 0. The summed E-state index contributed by atoms with van der Waals surface area (Å²) < 4.78 is 0. The lowest BCUT2D eigenvalue weighted by Crippen LogP contribution is -2.19. The highest BCUT2D eigenvalue weighted by Gasteiger charge is 2.26. The number of rotatable bonds is 1. The van der Waals surface area contributed by atoms with Crippen LogP contribution >= 0.6 is 0 Å². The second-order valence-electron chi connectivity index (χ2n) is 3.89. The SMILES string of the molecule is O=C1NC=C(c2cccc3ccccc23)C1=O. The van der Waals surface area contributed by atoms with E-state index < -0.39 is 11.7 Å². The third-order valence-corrected chi connectivity index (χ3v) is 2.88. The molecule has 17 heavy (non-hydrogen) atoms. The molecule has 1 amide bonds. The highest BCUT2D eigenvalue weighted by atomic mass is 16.2. The van der Waals surface area contributed by atoms with Gasteiger partial charge in [0.05, 0.1) is 5.57 Å². The molecule has 1 aliphatic rings. The lowest BCUT2D eigenvalue weighted by Gasteiger charge is -2.04. The zero-order valence-corrected chi connectivity index (χ0v) is 8.94. The number of amides is 1. The molecule has 1 heterocycles. The van der Waals surface area contributed by atoms with E-state index >= 15 is 0 Å². The number of hydrogen-bond acceptors (Lipinski definition) is 2. The van der Waals surface area contributed by atoms with Gasteiger partial charge in [-0.05, 0) is 16.3 Å². The summed E-state index contributed by atoms with van der Waals surface area (Å²) in [5, 5.41) is 4.46. The normalized spacial score (nSPS) is 14.9. The summed E-state index contributed by atoms with van der Waals surface area (Å²) in [6.07, 6.45) is 1.48. The molecule has 0 atom stereocenters. The number of carbonyl (C=O) groups excluding carboxylic acids is 2. The Morgan fingerprint density at radius 3 is 2.41 bits per heavy atom. The van der Waals surface area contributed by atoms with Crippen LogP contribution in [0.2, 0.25) is 0 Å². The molecule has 0 aliphatic carbocycles. The fourth-order valence-electron chi connectivity index (χ4n) is 2.05. The van der Waals surface area contributed by atoms with E-state index in [1.54, 1.807) is 0 Å². The largest absolute Gasteiger partial charge is 0.325 e. The molecular weight excluding hydrogens is 214 g/mol. The van der Waals surface area contributed by atoms with Crippen LogP contribution in [-0.2, 0) is 9.59 Å². The van der Waals surface area contributed by atoms with Gasteiger partial charge in [0.15, 0.2) is 0 Å². The van der Waals surface area contributed by atoms with Crippen LogP contribution < -0.4 is 5.32 Å². The van der Waals surface area contributed by atoms with Gasteiger partial charge in [-0.25, -0.2) is 0 Å². The number of hydrogen-bond donors (Lipinski definition) is 1. The van der Waals surface area contributed by atoms with Crippen molar-refractivity contribution >= 4 is 28.0 Å². The molecular formula is C14H9NO2. The molecule has 2 aromatic rings. The first kappa shape index (κ1) is 9.78. The first-order chi connectivity index (χ1) is 8.27. The van der Waals surface area contributed by atoms with Crippen LogP contribution in [-0.4, -0.2) is 11.7 Å². The molecule has 0 aromatic heterocycles. The van der Waals surface area contributed by atoms with E-state index in [4.69, 9.17) is 0 Å². The molecule has 0 saturated heterocycles. The number of carbonyl (C=O) groups is 2. The Morgan fingerprint density at radius 2 is 1.65 bits per heavy atom. The van der Waals surface area contributed by atoms with Gasteiger partial charge in [-0.1, -0.05) is 42.5 Å². The average Bonchev–Trinajstić information content (AvgIpc) is 2.69. The molecule has 82 valence electrons. The van der Waals surface area contributed by atoms with Crippen molar-refractivity contribution in [1.29, 1.82) is 0 Å². The summed E-state index contributed by atoms with van der Waals surface area (Å²) in [6, 6.07) is 13.5. The number of Topliss-reactive ketones (excluding diaryl/α,β-unsaturated/α-hetero) is 1. The van der Waals surface area contributed by atoms with E-state index in [1.165, 1.54) is 6.20 Å². The lowest BCUT2D eigenvalue weighted by molar-refractivity contribution is -0.133. The molecule has 3 heteroatoms. The van der Waals surface area contributed by atoms with Crippen molar-refractivity contribution < 1.29 is 9.59 Å². The standard InChI is InChI=1S/C14H9NO2/c16-13-12(8-15-14(13)17)11-7-3-5-9-4-1-2-6-10(9)11/h1-8H,(H,15,16,17). The van der Waals surface area contributed by atoms with Gasteiger partial charge >= 0.3 is 0 Å². The van der Waals surface area contributed by atoms with Crippen molar-refractivity contribution in [1.82, 2.24) is 5.32 Å². The van der Waals surface area contributed by atoms with Crippen molar-refractivity contribution in [2.45, 2.75) is 0 Å². The highest BCUT2D eigenvalue weighted by molar-refractivity contribution is 6.56. The molecule has 1 aliphatic heterocycles. The van der Waals surface area contributed by atoms with Gasteiger partial charge < -0.3 is 5.32 Å². The van der Waals surface area contributed by atoms with E-state index in [0.29, 0.717) is 5.57 Å². The molecule has 2 aromatic carbocycles. The van der Waals surface area contributed by atoms with E-state index in [0.717, 1.165) is 16.3 Å². The van der Waals surface area contributed by atoms with E-state index in [1.807, 2.05) is 42.5 Å². The van der Waals surface area contributed by atoms with Crippen molar-refractivity contribution in [2.75, 3.05) is 0 Å². The summed E-state index contributed by atoms with van der Waals surface area (Å²) in [5.41, 5.74) is 1.23. The van der Waals surface area contributed by atoms with Gasteiger partial charge in [0.25, 0.3) is 11.7 Å². The maximum absolute atomic E-state index is 11.7. The number of ketones is 1. The van der Waals surface area contributed by atoms with E-state index in [2.05, 4.69) is 5.32 Å². The first-order valence-electron chi connectivity index (χ1n) is 5.31. The minimum atomic E-state index is -0.562. The maximum atomic E-state index is 11.7. The van der Waals surface area contributed by atoms with Gasteiger partial charge in [0.1, 0.15) is 0 Å². The number of nitrogens with one attached hydrogen (secondary N) is 1. The maximum Gasteiger partial charge on any atom is 0.296 e. The van der Waals surface area contributed by atoms with Gasteiger partial charge in [-0.3, -0.25) is 9.59 Å². The Morgan fingerprint density at radius 1 is 0.882 bits per heavy atom. The summed E-state index contributed by atoms with van der Waals surface area (Å²) >= 11 is 0. The molecule has 0 unspecified atom stereocenters. The smallest absolute Gasteiger partial charge is 0.296 e. The van der Waals surface area contributed by atoms with Gasteiger partial charge in [0.2, 0.25) is 0 Å². The van der Waals surface area contributed by atoms with Gasteiger partial charge in [-0.2, -0.15) is 0 Å². The van der Waals surface area contributed by atoms with Crippen LogP contribution in [0.5, 0.6) is 0 Å². The lowest BCUT2D eigenvalue weighted by atomic mass is 9.97. The Bertz CT molecular complexity index is 665. The Balaban J connectivity index is 2.25. The highest BCUT2D eigenvalue weighted by Crippen LogP contribution is 2.26. The van der Waals surface area contributed by atoms with Crippen LogP contribution in [0.4, 0.5) is 0 Å². The van der Waals surface area contributed by atoms with Crippen LogP contribution in [0.3, 0.4) is 0 Å². The molecule has 0 spiro atoms. The average molecular weight is 223 g/mol. The third kappa shape index (κ3) is 1.44. The minimum absolute atomic E-state index is 0.437. The zero-order chi connectivity index (χ0) is 11.8. The van der Waals surface area contributed by atoms with Crippen LogP contribution in [0.25, 0.3) is 16.3 Å². The Hall–Kier alpha value is -2.42. The minimum Gasteiger partial charge on any atom is -0.325 e. The van der Waals surface area contributed by atoms with Gasteiger partial charge in [-0.15, -0.1) is 0 Å². The third-order valence-electron chi connectivity index (χ3n) is 2.88. The number of benzene rings is 2. The zero-order valence-electron chi connectivity index (χ0n) is 8.94. The van der Waals surface area contributed by atoms with Crippen molar-refractivity contribution in [2.24, 2.45) is 0 Å². The monoisotopic (exact) mass is 223 g/mol. The molecule has 3 rings (SSSR count). The molecule has 0 bridgehead atoms. The van der Waals surface area contributed by atoms with Crippen molar-refractivity contribution in [3.05, 3.63) is 54.2 Å².